The van der Waals surface area contributed by atoms with Gasteiger partial charge in [0.1, 0.15) is 11.6 Å². The Kier molecular flexibility index (Phi) is 5.81. The van der Waals surface area contributed by atoms with E-state index in [1.54, 1.807) is 12.3 Å². The van der Waals surface area contributed by atoms with Gasteiger partial charge >= 0.3 is 0 Å². The summed E-state index contributed by atoms with van der Waals surface area (Å²) in [4.78, 5) is 33.2. The van der Waals surface area contributed by atoms with E-state index in [0.717, 1.165) is 37.4 Å². The largest absolute Gasteiger partial charge is 0.482 e. The molecule has 0 aliphatic carbocycles. The predicted octanol–water partition coefficient (Wildman–Crippen LogP) is 3.51. The van der Waals surface area contributed by atoms with E-state index in [1.807, 2.05) is 43.0 Å². The lowest BCUT2D eigenvalue weighted by molar-refractivity contribution is -0.121. The van der Waals surface area contributed by atoms with Crippen LogP contribution in [0.15, 0.2) is 36.5 Å². The molecule has 2 aliphatic rings. The predicted molar refractivity (Wildman–Crippen MR) is 119 cm³/mol. The van der Waals surface area contributed by atoms with Gasteiger partial charge in [-0.1, -0.05) is 23.7 Å². The molecule has 0 radical (unpaired) electrons. The summed E-state index contributed by atoms with van der Waals surface area (Å²) in [7, 11) is 0. The second-order valence-corrected chi connectivity index (χ2v) is 8.30. The fraction of sp³-hybridized carbons (Fsp3) is 0.409. The molecule has 160 valence electrons. The fourth-order valence-corrected chi connectivity index (χ4v) is 4.28. The molecule has 0 bridgehead atoms. The first-order chi connectivity index (χ1) is 14.4. The number of para-hydroxylation sites is 2. The lowest BCUT2D eigenvalue weighted by atomic mass is 10.0. The van der Waals surface area contributed by atoms with Crippen molar-refractivity contribution < 1.29 is 15.8 Å². The van der Waals surface area contributed by atoms with Crippen molar-refractivity contribution in [3.8, 4) is 5.75 Å². The second kappa shape index (κ2) is 8.52. The molecule has 1 fully saturated rings. The summed E-state index contributed by atoms with van der Waals surface area (Å²) < 4.78 is 5.56. The third-order valence-corrected chi connectivity index (χ3v) is 5.66. The molecule has 2 aromatic rings. The van der Waals surface area contributed by atoms with Crippen LogP contribution in [0.25, 0.3) is 0 Å². The zero-order chi connectivity index (χ0) is 21.3. The molecule has 1 aromatic heterocycles. The molecule has 1 N–H and O–H groups in total. The van der Waals surface area contributed by atoms with Crippen LogP contribution in [-0.2, 0) is 4.79 Å². The Morgan fingerprint density at radius 1 is 1.30 bits per heavy atom. The van der Waals surface area contributed by atoms with Gasteiger partial charge in [0, 0.05) is 32.8 Å². The highest BCUT2D eigenvalue weighted by Gasteiger charge is 2.34. The standard InChI is InChI=1S/C22H25ClN4O3.H2/c1-14(2)25-22(29)15-11-17(23)21(24-12-15)26-9-7-16(8-10-26)27-18-5-3-4-6-19(18)30-13-20(27)28;/h3-6,11-12,14,16H,7-10,13H2,1-2H3,(H,25,29);1H. The van der Waals surface area contributed by atoms with Crippen LogP contribution in [0.4, 0.5) is 11.5 Å². The third-order valence-electron chi connectivity index (χ3n) is 5.38. The summed E-state index contributed by atoms with van der Waals surface area (Å²) in [6.07, 6.45) is 3.16. The third kappa shape index (κ3) is 4.07. The summed E-state index contributed by atoms with van der Waals surface area (Å²) >= 11 is 6.45. The number of fused-ring (bicyclic) bond motifs is 1. The quantitative estimate of drug-likeness (QED) is 0.803. The first kappa shape index (κ1) is 20.5. The first-order valence-electron chi connectivity index (χ1n) is 10.2. The molecule has 2 amide bonds. The van der Waals surface area contributed by atoms with Crippen molar-refractivity contribution in [1.82, 2.24) is 10.3 Å². The molecule has 0 saturated carbocycles. The number of pyridine rings is 1. The van der Waals surface area contributed by atoms with Crippen LogP contribution < -0.4 is 19.9 Å². The van der Waals surface area contributed by atoms with Gasteiger partial charge < -0.3 is 19.9 Å². The molecular weight excluding hydrogens is 404 g/mol. The van der Waals surface area contributed by atoms with Gasteiger partial charge in [0.25, 0.3) is 11.8 Å². The second-order valence-electron chi connectivity index (χ2n) is 7.90. The molecule has 0 unspecified atom stereocenters. The van der Waals surface area contributed by atoms with Gasteiger partial charge in [-0.25, -0.2) is 4.98 Å². The summed E-state index contributed by atoms with van der Waals surface area (Å²) in [5, 5.41) is 3.30. The van der Waals surface area contributed by atoms with E-state index in [4.69, 9.17) is 16.3 Å². The van der Waals surface area contributed by atoms with E-state index in [2.05, 4.69) is 15.2 Å². The van der Waals surface area contributed by atoms with Gasteiger partial charge in [0.05, 0.1) is 16.3 Å². The average Bonchev–Trinajstić information content (AvgIpc) is 2.73. The molecule has 4 rings (SSSR count). The highest BCUT2D eigenvalue weighted by molar-refractivity contribution is 6.33. The van der Waals surface area contributed by atoms with Crippen LogP contribution in [0.3, 0.4) is 0 Å². The number of amides is 2. The van der Waals surface area contributed by atoms with Gasteiger partial charge in [-0.3, -0.25) is 9.59 Å². The number of carbonyl (C=O) groups excluding carboxylic acids is 2. The van der Waals surface area contributed by atoms with E-state index in [0.29, 0.717) is 16.4 Å². The lowest BCUT2D eigenvalue weighted by Crippen LogP contribution is -2.51. The zero-order valence-electron chi connectivity index (χ0n) is 17.1. The van der Waals surface area contributed by atoms with Crippen LogP contribution in [0.1, 0.15) is 38.5 Å². The van der Waals surface area contributed by atoms with Gasteiger partial charge in [-0.15, -0.1) is 0 Å². The number of hydrogen-bond donors (Lipinski definition) is 1. The van der Waals surface area contributed by atoms with Crippen molar-refractivity contribution in [3.63, 3.8) is 0 Å². The average molecular weight is 431 g/mol. The number of benzene rings is 1. The van der Waals surface area contributed by atoms with Crippen molar-refractivity contribution in [2.24, 2.45) is 0 Å². The lowest BCUT2D eigenvalue weighted by Gasteiger charge is -2.41. The van der Waals surface area contributed by atoms with Crippen molar-refractivity contribution in [3.05, 3.63) is 47.1 Å². The van der Waals surface area contributed by atoms with Crippen LogP contribution in [0.5, 0.6) is 5.75 Å². The number of rotatable bonds is 4. The van der Waals surface area contributed by atoms with Crippen LogP contribution in [0, 0.1) is 0 Å². The normalized spacial score (nSPS) is 17.0. The van der Waals surface area contributed by atoms with Crippen molar-refractivity contribution in [2.45, 2.75) is 38.8 Å². The van der Waals surface area contributed by atoms with Gasteiger partial charge in [-0.05, 0) is 44.9 Å². The van der Waals surface area contributed by atoms with Crippen LogP contribution >= 0.6 is 11.6 Å². The Balaban J connectivity index is 0.00000272. The molecule has 0 spiro atoms. The fourth-order valence-electron chi connectivity index (χ4n) is 3.99. The Bertz CT molecular complexity index is 964. The number of nitrogens with zero attached hydrogens (tertiary/aromatic N) is 3. The number of piperidine rings is 1. The van der Waals surface area contributed by atoms with E-state index in [9.17, 15) is 9.59 Å². The maximum Gasteiger partial charge on any atom is 0.265 e. The molecule has 7 nitrogen and oxygen atoms in total. The SMILES string of the molecule is CC(C)NC(=O)c1cnc(N2CCC(N3C(=O)COc4ccccc43)CC2)c(Cl)c1.[HH]. The molecule has 8 heteroatoms. The smallest absolute Gasteiger partial charge is 0.265 e. The molecule has 3 heterocycles. The number of halogens is 1. The van der Waals surface area contributed by atoms with Crippen molar-refractivity contribution in [2.75, 3.05) is 29.5 Å². The summed E-state index contributed by atoms with van der Waals surface area (Å²) in [6.45, 7) is 5.33. The zero-order valence-corrected chi connectivity index (χ0v) is 17.9. The van der Waals surface area contributed by atoms with Crippen molar-refractivity contribution >= 4 is 34.9 Å². The van der Waals surface area contributed by atoms with E-state index >= 15 is 0 Å². The van der Waals surface area contributed by atoms with E-state index in [-0.39, 0.29) is 31.9 Å². The minimum Gasteiger partial charge on any atom is -0.482 e. The van der Waals surface area contributed by atoms with Crippen LogP contribution in [-0.4, -0.2) is 48.6 Å². The molecule has 0 atom stereocenters. The monoisotopic (exact) mass is 430 g/mol. The first-order valence-corrected chi connectivity index (χ1v) is 10.6. The Hall–Kier alpha value is -2.80. The van der Waals surface area contributed by atoms with Gasteiger partial charge in [0.15, 0.2) is 6.61 Å². The number of aromatic nitrogens is 1. The summed E-state index contributed by atoms with van der Waals surface area (Å²) in [5.41, 5.74) is 1.28. The molecular formula is C22H27ClN4O3. The van der Waals surface area contributed by atoms with Gasteiger partial charge in [0.2, 0.25) is 0 Å². The van der Waals surface area contributed by atoms with Gasteiger partial charge in [-0.2, -0.15) is 0 Å². The topological polar surface area (TPSA) is 74.8 Å². The van der Waals surface area contributed by atoms with E-state index < -0.39 is 0 Å². The Labute approximate surface area is 182 Å². The maximum atomic E-state index is 12.6. The minimum absolute atomic E-state index is 0. The number of nitrogens with one attached hydrogen (secondary N) is 1. The summed E-state index contributed by atoms with van der Waals surface area (Å²) in [5.74, 6) is 1.22. The number of ether oxygens (including phenoxy) is 1. The molecule has 1 saturated heterocycles. The number of carbonyl (C=O) groups is 2. The minimum atomic E-state index is -0.186. The molecule has 2 aliphatic heterocycles. The highest BCUT2D eigenvalue weighted by atomic mass is 35.5. The maximum absolute atomic E-state index is 12.6. The Morgan fingerprint density at radius 2 is 2.03 bits per heavy atom. The van der Waals surface area contributed by atoms with Crippen molar-refractivity contribution in [1.29, 1.82) is 0 Å². The van der Waals surface area contributed by atoms with Crippen LogP contribution in [0.2, 0.25) is 5.02 Å². The number of anilines is 2. The highest BCUT2D eigenvalue weighted by Crippen LogP contribution is 2.36. The summed E-state index contributed by atoms with van der Waals surface area (Å²) in [6, 6.07) is 9.47. The van der Waals surface area contributed by atoms with E-state index in [1.165, 1.54) is 0 Å². The number of hydrogen-bond acceptors (Lipinski definition) is 5. The molecule has 1 aromatic carbocycles. The Morgan fingerprint density at radius 3 is 2.73 bits per heavy atom. The molecule has 30 heavy (non-hydrogen) atoms.